The van der Waals surface area contributed by atoms with Gasteiger partial charge in [0.1, 0.15) is 0 Å². The Bertz CT molecular complexity index is 770. The van der Waals surface area contributed by atoms with Crippen LogP contribution in [-0.2, 0) is 9.53 Å². The number of thioether (sulfide) groups is 4. The Morgan fingerprint density at radius 1 is 0.962 bits per heavy atom. The van der Waals surface area contributed by atoms with Crippen LogP contribution in [-0.4, -0.2) is 28.8 Å². The molecule has 1 unspecified atom stereocenters. The minimum absolute atomic E-state index is 0.0903. The highest BCUT2D eigenvalue weighted by atomic mass is 32.2. The van der Waals surface area contributed by atoms with Crippen LogP contribution in [0.1, 0.15) is 39.7 Å². The normalized spacial score (nSPS) is 23.7. The molecule has 0 spiro atoms. The topological polar surface area (TPSA) is 26.3 Å². The van der Waals surface area contributed by atoms with Crippen molar-refractivity contribution in [2.75, 3.05) is 6.61 Å². The molecule has 0 saturated carbocycles. The number of ether oxygens (including phenoxy) is 1. The highest BCUT2D eigenvalue weighted by Gasteiger charge is 2.46. The molecule has 2 aliphatic rings. The lowest BCUT2D eigenvalue weighted by molar-refractivity contribution is -0.143. The fourth-order valence-electron chi connectivity index (χ4n) is 3.41. The van der Waals surface area contributed by atoms with Crippen LogP contribution in [0.4, 0.5) is 0 Å². The standard InChI is InChI=1S/C19H28O2S4Si/c1-9-21-12(20)10-19(5)24-14-11(2)13-15(23-18(3,4)22-13)17(16(14)25-19)26(6,7)8/h9-10H2,1-8H3. The smallest absolute Gasteiger partial charge is 0.308 e. The average Bonchev–Trinajstić information content (AvgIpc) is 2.94. The van der Waals surface area contributed by atoms with Crippen molar-refractivity contribution in [3.63, 3.8) is 0 Å². The summed E-state index contributed by atoms with van der Waals surface area (Å²) in [5.41, 5.74) is 1.41. The molecule has 0 aliphatic carbocycles. The van der Waals surface area contributed by atoms with Crippen molar-refractivity contribution in [2.45, 2.75) is 88.4 Å². The Morgan fingerprint density at radius 3 is 2.04 bits per heavy atom. The summed E-state index contributed by atoms with van der Waals surface area (Å²) in [4.78, 5) is 18.0. The molecule has 0 aromatic heterocycles. The van der Waals surface area contributed by atoms with Gasteiger partial charge in [0.2, 0.25) is 0 Å². The van der Waals surface area contributed by atoms with Crippen molar-refractivity contribution in [3.8, 4) is 0 Å². The molecule has 1 aromatic carbocycles. The summed E-state index contributed by atoms with van der Waals surface area (Å²) >= 11 is 7.82. The van der Waals surface area contributed by atoms with Gasteiger partial charge >= 0.3 is 5.97 Å². The van der Waals surface area contributed by atoms with E-state index in [4.69, 9.17) is 4.74 Å². The fraction of sp³-hybridized carbons (Fsp3) is 0.632. The summed E-state index contributed by atoms with van der Waals surface area (Å²) in [6, 6.07) is 0. The SMILES string of the molecule is CCOC(=O)CC1(C)Sc2c(C)c3c(c([Si](C)(C)C)c2S1)SC(C)(C)S3. The molecule has 1 aromatic rings. The summed E-state index contributed by atoms with van der Waals surface area (Å²) < 4.78 is 5.26. The number of esters is 1. The van der Waals surface area contributed by atoms with E-state index in [9.17, 15) is 4.79 Å². The van der Waals surface area contributed by atoms with Crippen LogP contribution in [0.15, 0.2) is 19.6 Å². The van der Waals surface area contributed by atoms with Gasteiger partial charge in [0.25, 0.3) is 0 Å². The second-order valence-corrected chi connectivity index (χ2v) is 20.3. The average molecular weight is 445 g/mol. The number of hydrogen-bond acceptors (Lipinski definition) is 6. The van der Waals surface area contributed by atoms with Crippen LogP contribution in [0.2, 0.25) is 19.6 Å². The zero-order valence-electron chi connectivity index (χ0n) is 16.9. The van der Waals surface area contributed by atoms with E-state index in [-0.39, 0.29) is 14.1 Å². The number of carbonyl (C=O) groups excluding carboxylic acids is 1. The van der Waals surface area contributed by atoms with E-state index < -0.39 is 8.07 Å². The van der Waals surface area contributed by atoms with Gasteiger partial charge in [-0.25, -0.2) is 0 Å². The molecule has 26 heavy (non-hydrogen) atoms. The monoisotopic (exact) mass is 444 g/mol. The van der Waals surface area contributed by atoms with Crippen molar-refractivity contribution >= 4 is 66.3 Å². The van der Waals surface area contributed by atoms with Gasteiger partial charge in [-0.2, -0.15) is 0 Å². The summed E-state index contributed by atoms with van der Waals surface area (Å²) in [6.07, 6.45) is 0.450. The highest BCUT2D eigenvalue weighted by molar-refractivity contribution is 8.22. The summed E-state index contributed by atoms with van der Waals surface area (Å²) in [5, 5.41) is 1.60. The molecule has 2 aliphatic heterocycles. The lowest BCUT2D eigenvalue weighted by atomic mass is 10.2. The molecule has 2 heterocycles. The molecule has 0 N–H and O–H groups in total. The lowest BCUT2D eigenvalue weighted by Gasteiger charge is -2.25. The quantitative estimate of drug-likeness (QED) is 0.397. The number of benzene rings is 1. The van der Waals surface area contributed by atoms with Gasteiger partial charge in [-0.15, -0.1) is 47.0 Å². The third kappa shape index (κ3) is 3.88. The molecule has 7 heteroatoms. The van der Waals surface area contributed by atoms with Crippen LogP contribution < -0.4 is 5.19 Å². The van der Waals surface area contributed by atoms with Crippen LogP contribution >= 0.6 is 47.0 Å². The van der Waals surface area contributed by atoms with Crippen LogP contribution in [0, 0.1) is 6.92 Å². The van der Waals surface area contributed by atoms with E-state index in [2.05, 4.69) is 47.3 Å². The van der Waals surface area contributed by atoms with Crippen molar-refractivity contribution in [1.82, 2.24) is 0 Å². The van der Waals surface area contributed by atoms with E-state index in [1.807, 2.05) is 54.0 Å². The van der Waals surface area contributed by atoms with Gasteiger partial charge in [0, 0.05) is 19.6 Å². The fourth-order valence-corrected chi connectivity index (χ4v) is 13.3. The second-order valence-electron chi connectivity index (χ2n) is 8.49. The van der Waals surface area contributed by atoms with E-state index in [1.54, 1.807) is 5.19 Å². The highest BCUT2D eigenvalue weighted by Crippen LogP contribution is 2.64. The predicted octanol–water partition coefficient (Wildman–Crippen LogP) is 6.34. The first-order valence-corrected chi connectivity index (χ1v) is 15.8. The molecule has 0 radical (unpaired) electrons. The third-order valence-electron chi connectivity index (χ3n) is 4.40. The van der Waals surface area contributed by atoms with E-state index in [0.717, 1.165) is 0 Å². The molecular formula is C19H28O2S4Si. The van der Waals surface area contributed by atoms with Gasteiger partial charge in [-0.05, 0) is 45.4 Å². The molecule has 0 fully saturated rings. The van der Waals surface area contributed by atoms with E-state index in [0.29, 0.717) is 13.0 Å². The number of carbonyl (C=O) groups is 1. The third-order valence-corrected chi connectivity index (χ3v) is 12.8. The molecule has 0 bridgehead atoms. The molecule has 0 amide bonds. The van der Waals surface area contributed by atoms with Crippen LogP contribution in [0.3, 0.4) is 0 Å². The Balaban J connectivity index is 2.09. The Kier molecular flexibility index (Phi) is 5.64. The minimum atomic E-state index is -1.53. The summed E-state index contributed by atoms with van der Waals surface area (Å²) in [6.45, 7) is 18.8. The second kappa shape index (κ2) is 6.97. The number of hydrogen-bond donors (Lipinski definition) is 0. The van der Waals surface area contributed by atoms with E-state index in [1.165, 1.54) is 25.1 Å². The first kappa shape index (κ1) is 21.0. The number of fused-ring (bicyclic) bond motifs is 2. The largest absolute Gasteiger partial charge is 0.466 e. The van der Waals surface area contributed by atoms with E-state index >= 15 is 0 Å². The molecule has 1 atom stereocenters. The van der Waals surface area contributed by atoms with Gasteiger partial charge in [-0.3, -0.25) is 4.79 Å². The number of rotatable bonds is 4. The Labute approximate surface area is 175 Å². The molecular weight excluding hydrogens is 417 g/mol. The van der Waals surface area contributed by atoms with Gasteiger partial charge in [0.05, 0.1) is 29.3 Å². The van der Waals surface area contributed by atoms with Crippen molar-refractivity contribution < 1.29 is 9.53 Å². The van der Waals surface area contributed by atoms with Gasteiger partial charge in [-0.1, -0.05) is 19.6 Å². The zero-order chi connectivity index (χ0) is 19.5. The van der Waals surface area contributed by atoms with Gasteiger partial charge < -0.3 is 4.74 Å². The zero-order valence-corrected chi connectivity index (χ0v) is 21.1. The maximum Gasteiger partial charge on any atom is 0.308 e. The van der Waals surface area contributed by atoms with Gasteiger partial charge in [0.15, 0.2) is 0 Å². The molecule has 144 valence electrons. The molecule has 0 saturated heterocycles. The maximum absolute atomic E-state index is 12.2. The van der Waals surface area contributed by atoms with Crippen LogP contribution in [0.25, 0.3) is 0 Å². The maximum atomic E-state index is 12.2. The van der Waals surface area contributed by atoms with Crippen LogP contribution in [0.5, 0.6) is 0 Å². The Hall–Kier alpha value is 0.307. The Morgan fingerprint density at radius 2 is 1.46 bits per heavy atom. The van der Waals surface area contributed by atoms with Crippen molar-refractivity contribution in [3.05, 3.63) is 5.56 Å². The molecule has 3 rings (SSSR count). The van der Waals surface area contributed by atoms with Crippen molar-refractivity contribution in [1.29, 1.82) is 0 Å². The van der Waals surface area contributed by atoms with Crippen molar-refractivity contribution in [2.24, 2.45) is 0 Å². The first-order valence-electron chi connectivity index (χ1n) is 8.99. The summed E-state index contributed by atoms with van der Waals surface area (Å²) in [7, 11) is -1.53. The minimum Gasteiger partial charge on any atom is -0.466 e. The first-order chi connectivity index (χ1) is 11.9. The summed E-state index contributed by atoms with van der Waals surface area (Å²) in [5.74, 6) is -0.0903. The lowest BCUT2D eigenvalue weighted by Crippen LogP contribution is -2.41. The predicted molar refractivity (Wildman–Crippen MR) is 121 cm³/mol. The molecule has 2 nitrogen and oxygen atoms in total.